The molecule has 0 bridgehead atoms. The molecule has 0 saturated heterocycles. The molecule has 0 atom stereocenters. The molecule has 1 aromatic heterocycles. The summed E-state index contributed by atoms with van der Waals surface area (Å²) in [6.45, 7) is 1.56. The number of rotatable bonds is 5. The maximum absolute atomic E-state index is 12.6. The number of anilines is 1. The smallest absolute Gasteiger partial charge is 0.270 e. The molecule has 2 heterocycles. The minimum Gasteiger partial charge on any atom is -0.496 e. The Morgan fingerprint density at radius 2 is 2.03 bits per heavy atom. The van der Waals surface area contributed by atoms with Crippen LogP contribution >= 0.6 is 0 Å². The van der Waals surface area contributed by atoms with E-state index in [0.29, 0.717) is 54.6 Å². The highest BCUT2D eigenvalue weighted by molar-refractivity contribution is 5.58. The summed E-state index contributed by atoms with van der Waals surface area (Å²) in [5.41, 5.74) is 9.14. The third-order valence-corrected chi connectivity index (χ3v) is 5.21. The van der Waals surface area contributed by atoms with Crippen LogP contribution in [0.3, 0.4) is 0 Å². The predicted molar refractivity (Wildman–Crippen MR) is 112 cm³/mol. The Bertz CT molecular complexity index is 1160. The highest BCUT2D eigenvalue weighted by Gasteiger charge is 2.23. The number of nitro benzene ring substituents is 1. The van der Waals surface area contributed by atoms with Gasteiger partial charge < -0.3 is 15.5 Å². The van der Waals surface area contributed by atoms with Crippen molar-refractivity contribution in [2.75, 3.05) is 19.4 Å². The fraction of sp³-hybridized carbons (Fsp3) is 0.238. The molecule has 0 unspecified atom stereocenters. The summed E-state index contributed by atoms with van der Waals surface area (Å²) in [5, 5.41) is 11.1. The van der Waals surface area contributed by atoms with Crippen molar-refractivity contribution in [2.24, 2.45) is 0 Å². The number of non-ortho nitro benzene ring substituents is 1. The van der Waals surface area contributed by atoms with E-state index in [2.05, 4.69) is 14.9 Å². The molecule has 154 valence electrons. The number of H-pyrrole nitrogens is 1. The number of benzene rings is 2. The molecule has 30 heavy (non-hydrogen) atoms. The van der Waals surface area contributed by atoms with Gasteiger partial charge in [-0.1, -0.05) is 0 Å². The molecule has 1 aliphatic heterocycles. The average molecular weight is 407 g/mol. The number of nitrogens with two attached hydrogens (primary N) is 1. The maximum Gasteiger partial charge on any atom is 0.270 e. The van der Waals surface area contributed by atoms with Gasteiger partial charge in [0.25, 0.3) is 11.2 Å². The Morgan fingerprint density at radius 1 is 1.27 bits per heavy atom. The summed E-state index contributed by atoms with van der Waals surface area (Å²) in [4.78, 5) is 32.9. The molecular weight excluding hydrogens is 386 g/mol. The third-order valence-electron chi connectivity index (χ3n) is 5.21. The summed E-state index contributed by atoms with van der Waals surface area (Å²) in [5.74, 6) is 1.08. The zero-order valence-electron chi connectivity index (χ0n) is 16.4. The first-order valence-electron chi connectivity index (χ1n) is 9.46. The van der Waals surface area contributed by atoms with Gasteiger partial charge in [0.05, 0.1) is 17.7 Å². The van der Waals surface area contributed by atoms with Crippen molar-refractivity contribution in [3.8, 4) is 17.1 Å². The van der Waals surface area contributed by atoms with E-state index in [1.165, 1.54) is 19.2 Å². The van der Waals surface area contributed by atoms with Crippen LogP contribution in [0.15, 0.2) is 47.3 Å². The number of nitrogens with one attached hydrogen (secondary N) is 1. The van der Waals surface area contributed by atoms with E-state index >= 15 is 0 Å². The van der Waals surface area contributed by atoms with Gasteiger partial charge in [0.1, 0.15) is 11.6 Å². The zero-order chi connectivity index (χ0) is 21.3. The van der Waals surface area contributed by atoms with Crippen molar-refractivity contribution in [2.45, 2.75) is 19.5 Å². The van der Waals surface area contributed by atoms with Crippen molar-refractivity contribution in [1.82, 2.24) is 14.9 Å². The second kappa shape index (κ2) is 7.96. The Hall–Kier alpha value is -3.72. The van der Waals surface area contributed by atoms with E-state index in [9.17, 15) is 14.9 Å². The molecule has 9 heteroatoms. The van der Waals surface area contributed by atoms with Crippen LogP contribution in [0.1, 0.15) is 16.8 Å². The summed E-state index contributed by atoms with van der Waals surface area (Å²) in [6.07, 6.45) is 0.553. The number of methoxy groups -OCH3 is 1. The third kappa shape index (κ3) is 3.87. The molecule has 0 radical (unpaired) electrons. The standard InChI is InChI=1S/C21H21N5O4/c1-30-19-7-6-16(26(28)29)10-14(19)11-25-9-8-17-18(12-25)23-20(24-21(17)27)13-2-4-15(22)5-3-13/h2-7,10H,8-9,11-12,22H2,1H3,(H,23,24,27). The van der Waals surface area contributed by atoms with Gasteiger partial charge in [-0.2, -0.15) is 0 Å². The van der Waals surface area contributed by atoms with Crippen molar-refractivity contribution < 1.29 is 9.66 Å². The number of hydrogen-bond donors (Lipinski definition) is 2. The van der Waals surface area contributed by atoms with Crippen LogP contribution in [-0.2, 0) is 19.5 Å². The average Bonchev–Trinajstić information content (AvgIpc) is 2.74. The molecule has 0 aliphatic carbocycles. The first-order valence-corrected chi connectivity index (χ1v) is 9.46. The Labute approximate surface area is 172 Å². The Balaban J connectivity index is 1.62. The lowest BCUT2D eigenvalue weighted by Crippen LogP contribution is -2.35. The van der Waals surface area contributed by atoms with Gasteiger partial charge in [-0.15, -0.1) is 0 Å². The van der Waals surface area contributed by atoms with Crippen LogP contribution in [-0.4, -0.2) is 33.4 Å². The first-order chi connectivity index (χ1) is 14.4. The van der Waals surface area contributed by atoms with Crippen LogP contribution in [0, 0.1) is 10.1 Å². The molecule has 0 amide bonds. The SMILES string of the molecule is COc1ccc([N+](=O)[O-])cc1CN1CCc2c(nc(-c3ccc(N)cc3)[nH]c2=O)C1. The highest BCUT2D eigenvalue weighted by Crippen LogP contribution is 2.27. The lowest BCUT2D eigenvalue weighted by molar-refractivity contribution is -0.385. The Morgan fingerprint density at radius 3 is 2.73 bits per heavy atom. The van der Waals surface area contributed by atoms with Gasteiger partial charge in [0.2, 0.25) is 0 Å². The molecule has 1 aliphatic rings. The second-order valence-corrected chi connectivity index (χ2v) is 7.18. The number of nitrogen functional groups attached to an aromatic ring is 1. The molecule has 0 saturated carbocycles. The van der Waals surface area contributed by atoms with E-state index in [0.717, 1.165) is 11.1 Å². The van der Waals surface area contributed by atoms with Crippen LogP contribution < -0.4 is 16.0 Å². The van der Waals surface area contributed by atoms with Crippen molar-refractivity contribution in [3.63, 3.8) is 0 Å². The van der Waals surface area contributed by atoms with Gasteiger partial charge in [-0.05, 0) is 36.8 Å². The lowest BCUT2D eigenvalue weighted by Gasteiger charge is -2.28. The number of nitrogens with zero attached hydrogens (tertiary/aromatic N) is 3. The lowest BCUT2D eigenvalue weighted by atomic mass is 10.0. The van der Waals surface area contributed by atoms with Crippen molar-refractivity contribution >= 4 is 11.4 Å². The Kier molecular flexibility index (Phi) is 5.20. The van der Waals surface area contributed by atoms with Crippen LogP contribution in [0.5, 0.6) is 5.75 Å². The fourth-order valence-electron chi connectivity index (χ4n) is 3.65. The number of hydrogen-bond acceptors (Lipinski definition) is 7. The number of fused-ring (bicyclic) bond motifs is 1. The summed E-state index contributed by atoms with van der Waals surface area (Å²) >= 11 is 0. The van der Waals surface area contributed by atoms with E-state index in [1.807, 2.05) is 12.1 Å². The van der Waals surface area contributed by atoms with Gasteiger partial charge in [-0.3, -0.25) is 19.8 Å². The van der Waals surface area contributed by atoms with Gasteiger partial charge >= 0.3 is 0 Å². The van der Waals surface area contributed by atoms with Gasteiger partial charge in [-0.25, -0.2) is 4.98 Å². The molecular formula is C21H21N5O4. The summed E-state index contributed by atoms with van der Waals surface area (Å²) in [7, 11) is 1.54. The molecule has 4 rings (SSSR count). The quantitative estimate of drug-likeness (QED) is 0.378. The normalized spacial score (nSPS) is 13.6. The minimum atomic E-state index is -0.422. The van der Waals surface area contributed by atoms with Crippen LogP contribution in [0.25, 0.3) is 11.4 Å². The molecule has 2 aromatic carbocycles. The fourth-order valence-corrected chi connectivity index (χ4v) is 3.65. The number of ether oxygens (including phenoxy) is 1. The number of nitro groups is 1. The topological polar surface area (TPSA) is 127 Å². The number of aromatic amines is 1. The number of aromatic nitrogens is 2. The summed E-state index contributed by atoms with van der Waals surface area (Å²) in [6, 6.07) is 11.7. The van der Waals surface area contributed by atoms with Crippen LogP contribution in [0.4, 0.5) is 11.4 Å². The molecule has 9 nitrogen and oxygen atoms in total. The monoisotopic (exact) mass is 407 g/mol. The van der Waals surface area contributed by atoms with Crippen molar-refractivity contribution in [1.29, 1.82) is 0 Å². The zero-order valence-corrected chi connectivity index (χ0v) is 16.4. The maximum atomic E-state index is 12.6. The summed E-state index contributed by atoms with van der Waals surface area (Å²) < 4.78 is 5.37. The minimum absolute atomic E-state index is 0.0171. The highest BCUT2D eigenvalue weighted by atomic mass is 16.6. The van der Waals surface area contributed by atoms with Crippen molar-refractivity contribution in [3.05, 3.63) is 79.8 Å². The van der Waals surface area contributed by atoms with E-state index < -0.39 is 4.92 Å². The van der Waals surface area contributed by atoms with Crippen LogP contribution in [0.2, 0.25) is 0 Å². The molecule has 0 spiro atoms. The van der Waals surface area contributed by atoms with E-state index in [4.69, 9.17) is 10.5 Å². The van der Waals surface area contributed by atoms with Gasteiger partial charge in [0.15, 0.2) is 0 Å². The predicted octanol–water partition coefficient (Wildman–Crippen LogP) is 2.49. The van der Waals surface area contributed by atoms with Gasteiger partial charge in [0, 0.05) is 54.1 Å². The van der Waals surface area contributed by atoms with E-state index in [1.54, 1.807) is 18.2 Å². The molecule has 3 N–H and O–H groups in total. The molecule has 0 fully saturated rings. The molecule has 3 aromatic rings. The largest absolute Gasteiger partial charge is 0.496 e. The first kappa shape index (κ1) is 19.6. The second-order valence-electron chi connectivity index (χ2n) is 7.18. The van der Waals surface area contributed by atoms with E-state index in [-0.39, 0.29) is 11.2 Å².